The number of aromatic nitrogens is 4. The van der Waals surface area contributed by atoms with E-state index in [1.54, 1.807) is 24.9 Å². The molecule has 0 aliphatic carbocycles. The quantitative estimate of drug-likeness (QED) is 0.675. The van der Waals surface area contributed by atoms with Crippen molar-refractivity contribution < 1.29 is 8.78 Å². The van der Waals surface area contributed by atoms with Gasteiger partial charge < -0.3 is 0 Å². The second kappa shape index (κ2) is 4.08. The minimum atomic E-state index is -0.650. The first-order valence-electron chi connectivity index (χ1n) is 5.68. The largest absolute Gasteiger partial charge is 0.250 e. The second-order valence-electron chi connectivity index (χ2n) is 4.25. The van der Waals surface area contributed by atoms with E-state index in [2.05, 4.69) is 15.1 Å². The molecule has 96 valence electrons. The Kier molecular flexibility index (Phi) is 2.51. The minimum absolute atomic E-state index is 0.241. The van der Waals surface area contributed by atoms with E-state index in [0.717, 1.165) is 6.07 Å². The van der Waals surface area contributed by atoms with Gasteiger partial charge in [-0.2, -0.15) is 5.10 Å². The summed E-state index contributed by atoms with van der Waals surface area (Å²) >= 11 is 0. The number of hydrogen-bond acceptors (Lipinski definition) is 3. The van der Waals surface area contributed by atoms with Gasteiger partial charge >= 0.3 is 0 Å². The summed E-state index contributed by atoms with van der Waals surface area (Å²) in [6.07, 6.45) is 1.58. The maximum absolute atomic E-state index is 13.9. The van der Waals surface area contributed by atoms with Crippen molar-refractivity contribution in [2.45, 2.75) is 6.92 Å². The summed E-state index contributed by atoms with van der Waals surface area (Å²) in [6, 6.07) is 3.42. The molecule has 0 aliphatic heterocycles. The molecule has 2 aromatic heterocycles. The summed E-state index contributed by atoms with van der Waals surface area (Å²) in [5.74, 6) is -0.757. The number of benzene rings is 1. The molecule has 4 nitrogen and oxygen atoms in total. The average molecular weight is 260 g/mol. The molecule has 0 saturated carbocycles. The van der Waals surface area contributed by atoms with Crippen molar-refractivity contribution in [3.8, 4) is 11.3 Å². The van der Waals surface area contributed by atoms with Gasteiger partial charge in [-0.15, -0.1) is 0 Å². The third kappa shape index (κ3) is 1.85. The molecule has 0 bridgehead atoms. The smallest absolute Gasteiger partial charge is 0.161 e. The molecule has 6 heteroatoms. The number of nitrogens with zero attached hydrogens (tertiary/aromatic N) is 4. The highest BCUT2D eigenvalue weighted by atomic mass is 19.1. The third-order valence-electron chi connectivity index (χ3n) is 2.89. The van der Waals surface area contributed by atoms with E-state index in [-0.39, 0.29) is 5.56 Å². The average Bonchev–Trinajstić information content (AvgIpc) is 2.71. The lowest BCUT2D eigenvalue weighted by atomic mass is 10.1. The molecule has 3 rings (SSSR count). The third-order valence-corrected chi connectivity index (χ3v) is 2.89. The molecule has 0 amide bonds. The first-order chi connectivity index (χ1) is 9.06. The van der Waals surface area contributed by atoms with Crippen LogP contribution in [0.1, 0.15) is 5.82 Å². The highest BCUT2D eigenvalue weighted by molar-refractivity contribution is 5.90. The standard InChI is InChI=1S/C13H10F2N4/c1-7-17-12(9-4-3-8(14)5-11(9)15)10-6-16-19(2)13(10)18-7/h3-6H,1-2H3. The Labute approximate surface area is 107 Å². The normalized spacial score (nSPS) is 11.2. The number of aryl methyl sites for hydroxylation is 2. The topological polar surface area (TPSA) is 43.6 Å². The molecule has 0 spiro atoms. The molecule has 0 radical (unpaired) electrons. The predicted octanol–water partition coefficient (Wildman–Crippen LogP) is 2.62. The van der Waals surface area contributed by atoms with Crippen LogP contribution in [0.25, 0.3) is 22.3 Å². The van der Waals surface area contributed by atoms with Crippen LogP contribution < -0.4 is 0 Å². The van der Waals surface area contributed by atoms with Crippen LogP contribution in [0.2, 0.25) is 0 Å². The summed E-state index contributed by atoms with van der Waals surface area (Å²) in [4.78, 5) is 8.51. The van der Waals surface area contributed by atoms with Gasteiger partial charge in [0.1, 0.15) is 17.5 Å². The second-order valence-corrected chi connectivity index (χ2v) is 4.25. The fourth-order valence-corrected chi connectivity index (χ4v) is 2.02. The molecule has 0 saturated heterocycles. The van der Waals surface area contributed by atoms with E-state index >= 15 is 0 Å². The number of halogens is 2. The van der Waals surface area contributed by atoms with Crippen LogP contribution in [-0.2, 0) is 7.05 Å². The van der Waals surface area contributed by atoms with Crippen molar-refractivity contribution in [3.63, 3.8) is 0 Å². The highest BCUT2D eigenvalue weighted by Gasteiger charge is 2.15. The fourth-order valence-electron chi connectivity index (χ4n) is 2.02. The van der Waals surface area contributed by atoms with E-state index in [1.807, 2.05) is 0 Å². The van der Waals surface area contributed by atoms with Crippen LogP contribution in [0.3, 0.4) is 0 Å². The Bertz CT molecular complexity index is 780. The minimum Gasteiger partial charge on any atom is -0.250 e. The van der Waals surface area contributed by atoms with Crippen LogP contribution in [0.4, 0.5) is 8.78 Å². The maximum atomic E-state index is 13.9. The zero-order chi connectivity index (χ0) is 13.6. The Balaban J connectivity index is 2.35. The molecule has 0 aliphatic rings. The molecule has 2 heterocycles. The van der Waals surface area contributed by atoms with Gasteiger partial charge in [0.15, 0.2) is 5.65 Å². The lowest BCUT2D eigenvalue weighted by Crippen LogP contribution is -1.98. The van der Waals surface area contributed by atoms with Gasteiger partial charge in [-0.3, -0.25) is 4.68 Å². The molecular formula is C13H10F2N4. The zero-order valence-corrected chi connectivity index (χ0v) is 10.4. The molecule has 0 fully saturated rings. The van der Waals surface area contributed by atoms with Crippen molar-refractivity contribution in [3.05, 3.63) is 41.9 Å². The van der Waals surface area contributed by atoms with E-state index in [4.69, 9.17) is 0 Å². The van der Waals surface area contributed by atoms with E-state index in [9.17, 15) is 8.78 Å². The molecule has 0 N–H and O–H groups in total. The van der Waals surface area contributed by atoms with E-state index < -0.39 is 11.6 Å². The summed E-state index contributed by atoms with van der Waals surface area (Å²) in [5, 5.41) is 4.73. The van der Waals surface area contributed by atoms with Crippen molar-refractivity contribution in [1.29, 1.82) is 0 Å². The van der Waals surface area contributed by atoms with Crippen molar-refractivity contribution in [2.75, 3.05) is 0 Å². The van der Waals surface area contributed by atoms with Crippen LogP contribution in [-0.4, -0.2) is 19.7 Å². The van der Waals surface area contributed by atoms with Gasteiger partial charge in [-0.05, 0) is 19.1 Å². The summed E-state index contributed by atoms with van der Waals surface area (Å²) in [5.41, 5.74) is 1.28. The van der Waals surface area contributed by atoms with Crippen molar-refractivity contribution in [2.24, 2.45) is 7.05 Å². The van der Waals surface area contributed by atoms with E-state index in [1.165, 1.54) is 12.1 Å². The SMILES string of the molecule is Cc1nc(-c2ccc(F)cc2F)c2cnn(C)c2n1. The molecule has 0 atom stereocenters. The lowest BCUT2D eigenvalue weighted by molar-refractivity contribution is 0.585. The van der Waals surface area contributed by atoms with Gasteiger partial charge in [0, 0.05) is 18.7 Å². The Hall–Kier alpha value is -2.37. The molecule has 3 aromatic rings. The lowest BCUT2D eigenvalue weighted by Gasteiger charge is -2.05. The van der Waals surface area contributed by atoms with Crippen molar-refractivity contribution >= 4 is 11.0 Å². The van der Waals surface area contributed by atoms with Gasteiger partial charge in [-0.1, -0.05) is 0 Å². The monoisotopic (exact) mass is 260 g/mol. The van der Waals surface area contributed by atoms with Gasteiger partial charge in [-0.25, -0.2) is 18.7 Å². The Morgan fingerprint density at radius 3 is 2.68 bits per heavy atom. The zero-order valence-electron chi connectivity index (χ0n) is 10.4. The van der Waals surface area contributed by atoms with Crippen molar-refractivity contribution in [1.82, 2.24) is 19.7 Å². The van der Waals surface area contributed by atoms with Gasteiger partial charge in [0.25, 0.3) is 0 Å². The fraction of sp³-hybridized carbons (Fsp3) is 0.154. The van der Waals surface area contributed by atoms with E-state index in [0.29, 0.717) is 22.6 Å². The first kappa shape index (κ1) is 11.7. The Morgan fingerprint density at radius 2 is 1.95 bits per heavy atom. The highest BCUT2D eigenvalue weighted by Crippen LogP contribution is 2.28. The van der Waals surface area contributed by atoms with Crippen LogP contribution in [0.15, 0.2) is 24.4 Å². The summed E-state index contributed by atoms with van der Waals surface area (Å²) in [6.45, 7) is 1.72. The molecule has 1 aromatic carbocycles. The summed E-state index contributed by atoms with van der Waals surface area (Å²) in [7, 11) is 1.75. The molecule has 19 heavy (non-hydrogen) atoms. The molecular weight excluding hydrogens is 250 g/mol. The summed E-state index contributed by atoms with van der Waals surface area (Å²) < 4.78 is 28.4. The maximum Gasteiger partial charge on any atom is 0.161 e. The Morgan fingerprint density at radius 1 is 1.16 bits per heavy atom. The van der Waals surface area contributed by atoms with Gasteiger partial charge in [0.2, 0.25) is 0 Å². The first-order valence-corrected chi connectivity index (χ1v) is 5.68. The molecule has 0 unspecified atom stereocenters. The van der Waals surface area contributed by atoms with Crippen LogP contribution in [0, 0.1) is 18.6 Å². The van der Waals surface area contributed by atoms with Crippen LogP contribution >= 0.6 is 0 Å². The number of hydrogen-bond donors (Lipinski definition) is 0. The number of rotatable bonds is 1. The predicted molar refractivity (Wildman–Crippen MR) is 66.4 cm³/mol. The van der Waals surface area contributed by atoms with Crippen LogP contribution in [0.5, 0.6) is 0 Å². The number of fused-ring (bicyclic) bond motifs is 1. The van der Waals surface area contributed by atoms with Gasteiger partial charge in [0.05, 0.1) is 17.3 Å².